The molecule has 2 aromatic rings. The highest BCUT2D eigenvalue weighted by atomic mass is 35.5. The number of nitrogens with one attached hydrogen (secondary N) is 2. The first-order chi connectivity index (χ1) is 12.1. The van der Waals surface area contributed by atoms with E-state index in [2.05, 4.69) is 15.8 Å². The first-order valence-corrected chi connectivity index (χ1v) is 7.79. The average molecular weight is 360 g/mol. The maximum absolute atomic E-state index is 11.8. The summed E-state index contributed by atoms with van der Waals surface area (Å²) in [7, 11) is 0. The predicted molar refractivity (Wildman–Crippen MR) is 93.3 cm³/mol. The van der Waals surface area contributed by atoms with Crippen LogP contribution in [0, 0.1) is 0 Å². The molecule has 0 atom stereocenters. The zero-order chi connectivity index (χ0) is 17.6. The maximum Gasteiger partial charge on any atom is 0.329 e. The van der Waals surface area contributed by atoms with E-state index in [1.54, 1.807) is 36.4 Å². The zero-order valence-corrected chi connectivity index (χ0v) is 13.7. The quantitative estimate of drug-likeness (QED) is 0.499. The fraction of sp³-hybridized carbons (Fsp3) is 0.118. The number of fused-ring (bicyclic) bond motifs is 1. The van der Waals surface area contributed by atoms with Gasteiger partial charge in [-0.2, -0.15) is 5.10 Å². The molecular weight excluding hydrogens is 346 g/mol. The lowest BCUT2D eigenvalue weighted by Gasteiger charge is -2.18. The molecule has 128 valence electrons. The summed E-state index contributed by atoms with van der Waals surface area (Å²) in [6, 6.07) is 11.7. The monoisotopic (exact) mass is 359 g/mol. The Kier molecular flexibility index (Phi) is 5.15. The standard InChI is InChI=1S/C17H14ClN3O4/c18-12-2-1-3-13(9-12)20-16(22)17(23)21-19-10-11-4-5-14-15(8-11)25-7-6-24-14/h1-5,8-10H,6-7H2,(H,20,22)(H,21,23)/b19-10-. The van der Waals surface area contributed by atoms with Crippen molar-refractivity contribution in [3.05, 3.63) is 53.1 Å². The van der Waals surface area contributed by atoms with Crippen molar-refractivity contribution in [2.45, 2.75) is 0 Å². The highest BCUT2D eigenvalue weighted by molar-refractivity contribution is 6.39. The zero-order valence-electron chi connectivity index (χ0n) is 13.0. The average Bonchev–Trinajstić information content (AvgIpc) is 2.61. The summed E-state index contributed by atoms with van der Waals surface area (Å²) in [6.07, 6.45) is 1.41. The number of hydrogen-bond acceptors (Lipinski definition) is 5. The van der Waals surface area contributed by atoms with Gasteiger partial charge in [0.1, 0.15) is 13.2 Å². The molecule has 1 heterocycles. The smallest absolute Gasteiger partial charge is 0.329 e. The number of hydrogen-bond donors (Lipinski definition) is 2. The summed E-state index contributed by atoms with van der Waals surface area (Å²) in [5.74, 6) is -0.469. The lowest BCUT2D eigenvalue weighted by atomic mass is 10.2. The van der Waals surface area contributed by atoms with Gasteiger partial charge in [0, 0.05) is 10.7 Å². The van der Waals surface area contributed by atoms with Crippen LogP contribution in [-0.2, 0) is 9.59 Å². The third-order valence-electron chi connectivity index (χ3n) is 3.23. The van der Waals surface area contributed by atoms with Crippen molar-refractivity contribution in [3.63, 3.8) is 0 Å². The van der Waals surface area contributed by atoms with E-state index in [1.807, 2.05) is 0 Å². The van der Waals surface area contributed by atoms with Crippen LogP contribution in [0.25, 0.3) is 0 Å². The normalized spacial score (nSPS) is 12.7. The van der Waals surface area contributed by atoms with Crippen LogP contribution < -0.4 is 20.2 Å². The SMILES string of the molecule is O=C(N/N=C\c1ccc2c(c1)OCCO2)C(=O)Nc1cccc(Cl)c1. The van der Waals surface area contributed by atoms with Crippen LogP contribution in [0.2, 0.25) is 5.02 Å². The van der Waals surface area contributed by atoms with Crippen LogP contribution in [0.15, 0.2) is 47.6 Å². The second kappa shape index (κ2) is 7.67. The van der Waals surface area contributed by atoms with Crippen molar-refractivity contribution in [2.24, 2.45) is 5.10 Å². The van der Waals surface area contributed by atoms with E-state index in [0.717, 1.165) is 0 Å². The van der Waals surface area contributed by atoms with E-state index in [4.69, 9.17) is 21.1 Å². The molecule has 2 aromatic carbocycles. The van der Waals surface area contributed by atoms with E-state index >= 15 is 0 Å². The molecule has 7 nitrogen and oxygen atoms in total. The number of hydrazone groups is 1. The summed E-state index contributed by atoms with van der Waals surface area (Å²) in [5.41, 5.74) is 3.27. The summed E-state index contributed by atoms with van der Waals surface area (Å²) < 4.78 is 10.9. The predicted octanol–water partition coefficient (Wildman–Crippen LogP) is 2.20. The molecule has 0 spiro atoms. The highest BCUT2D eigenvalue weighted by Crippen LogP contribution is 2.30. The number of nitrogens with zero attached hydrogens (tertiary/aromatic N) is 1. The van der Waals surface area contributed by atoms with Crippen LogP contribution in [0.4, 0.5) is 5.69 Å². The van der Waals surface area contributed by atoms with Crippen LogP contribution >= 0.6 is 11.6 Å². The summed E-state index contributed by atoms with van der Waals surface area (Å²) in [5, 5.41) is 6.64. The van der Waals surface area contributed by atoms with Crippen LogP contribution in [0.1, 0.15) is 5.56 Å². The number of rotatable bonds is 3. The fourth-order valence-electron chi connectivity index (χ4n) is 2.11. The van der Waals surface area contributed by atoms with Gasteiger partial charge in [-0.15, -0.1) is 0 Å². The number of ether oxygens (including phenoxy) is 2. The van der Waals surface area contributed by atoms with Gasteiger partial charge < -0.3 is 14.8 Å². The van der Waals surface area contributed by atoms with Gasteiger partial charge in [-0.05, 0) is 42.0 Å². The fourth-order valence-corrected chi connectivity index (χ4v) is 2.30. The van der Waals surface area contributed by atoms with Gasteiger partial charge in [0.25, 0.3) is 0 Å². The number of amides is 2. The molecule has 0 bridgehead atoms. The molecule has 1 aliphatic heterocycles. The lowest BCUT2D eigenvalue weighted by Crippen LogP contribution is -2.32. The summed E-state index contributed by atoms with van der Waals surface area (Å²) >= 11 is 5.82. The first kappa shape index (κ1) is 16.8. The minimum absolute atomic E-state index is 0.420. The Morgan fingerprint density at radius 2 is 1.84 bits per heavy atom. The van der Waals surface area contributed by atoms with E-state index in [0.29, 0.717) is 41.0 Å². The molecule has 1 aliphatic rings. The van der Waals surface area contributed by atoms with Gasteiger partial charge in [-0.1, -0.05) is 17.7 Å². The molecule has 0 aliphatic carbocycles. The summed E-state index contributed by atoms with van der Waals surface area (Å²) in [4.78, 5) is 23.5. The van der Waals surface area contributed by atoms with E-state index < -0.39 is 11.8 Å². The number of halogens is 1. The number of carbonyl (C=O) groups is 2. The van der Waals surface area contributed by atoms with E-state index in [9.17, 15) is 9.59 Å². The molecule has 0 saturated carbocycles. The van der Waals surface area contributed by atoms with Crippen LogP contribution in [0.3, 0.4) is 0 Å². The number of anilines is 1. The van der Waals surface area contributed by atoms with Crippen molar-refractivity contribution in [1.82, 2.24) is 5.43 Å². The van der Waals surface area contributed by atoms with Crippen molar-refractivity contribution in [2.75, 3.05) is 18.5 Å². The Morgan fingerprint density at radius 1 is 1.04 bits per heavy atom. The molecule has 0 fully saturated rings. The van der Waals surface area contributed by atoms with Gasteiger partial charge in [-0.3, -0.25) is 9.59 Å². The van der Waals surface area contributed by atoms with Gasteiger partial charge in [0.05, 0.1) is 6.21 Å². The van der Waals surface area contributed by atoms with Crippen molar-refractivity contribution in [3.8, 4) is 11.5 Å². The molecule has 0 aromatic heterocycles. The molecule has 0 unspecified atom stereocenters. The van der Waals surface area contributed by atoms with Crippen molar-refractivity contribution < 1.29 is 19.1 Å². The van der Waals surface area contributed by atoms with Gasteiger partial charge in [-0.25, -0.2) is 5.43 Å². The molecule has 0 radical (unpaired) electrons. The van der Waals surface area contributed by atoms with Gasteiger partial charge in [0.2, 0.25) is 0 Å². The molecule has 8 heteroatoms. The second-order valence-corrected chi connectivity index (χ2v) is 5.50. The molecule has 0 saturated heterocycles. The molecular formula is C17H14ClN3O4. The molecule has 2 amide bonds. The Bertz CT molecular complexity index is 838. The molecule has 25 heavy (non-hydrogen) atoms. The highest BCUT2D eigenvalue weighted by Gasteiger charge is 2.13. The topological polar surface area (TPSA) is 89.0 Å². The van der Waals surface area contributed by atoms with E-state index in [1.165, 1.54) is 12.3 Å². The second-order valence-electron chi connectivity index (χ2n) is 5.07. The lowest BCUT2D eigenvalue weighted by molar-refractivity contribution is -0.136. The Hall–Kier alpha value is -3.06. The van der Waals surface area contributed by atoms with Gasteiger partial charge in [0.15, 0.2) is 11.5 Å². The van der Waals surface area contributed by atoms with Crippen LogP contribution in [0.5, 0.6) is 11.5 Å². The molecule has 2 N–H and O–H groups in total. The summed E-state index contributed by atoms with van der Waals surface area (Å²) in [6.45, 7) is 0.992. The largest absolute Gasteiger partial charge is 0.486 e. The molecule has 3 rings (SSSR count). The van der Waals surface area contributed by atoms with Gasteiger partial charge >= 0.3 is 11.8 Å². The van der Waals surface area contributed by atoms with Crippen molar-refractivity contribution in [1.29, 1.82) is 0 Å². The van der Waals surface area contributed by atoms with Crippen molar-refractivity contribution >= 4 is 35.3 Å². The van der Waals surface area contributed by atoms with Crippen LogP contribution in [-0.4, -0.2) is 31.2 Å². The Balaban J connectivity index is 1.56. The minimum Gasteiger partial charge on any atom is -0.486 e. The first-order valence-electron chi connectivity index (χ1n) is 7.41. The maximum atomic E-state index is 11.8. The van der Waals surface area contributed by atoms with E-state index in [-0.39, 0.29) is 0 Å². The Morgan fingerprint density at radius 3 is 2.64 bits per heavy atom. The Labute approximate surface area is 148 Å². The number of carbonyl (C=O) groups excluding carboxylic acids is 2. The number of benzene rings is 2. The third-order valence-corrected chi connectivity index (χ3v) is 3.47. The minimum atomic E-state index is -0.895. The third kappa shape index (κ3) is 4.48.